The summed E-state index contributed by atoms with van der Waals surface area (Å²) in [6, 6.07) is 13.9. The van der Waals surface area contributed by atoms with Crippen LogP contribution < -0.4 is 10.1 Å². The minimum atomic E-state index is -0.483. The highest BCUT2D eigenvalue weighted by atomic mass is 19.1. The van der Waals surface area contributed by atoms with Gasteiger partial charge in [0.05, 0.1) is 6.20 Å². The molecule has 0 saturated heterocycles. The molecule has 2 aromatic carbocycles. The van der Waals surface area contributed by atoms with E-state index in [1.165, 1.54) is 23.4 Å². The topological polar surface area (TPSA) is 51.2 Å². The number of aryl methyl sites for hydroxylation is 2. The van der Waals surface area contributed by atoms with E-state index in [2.05, 4.69) is 10.3 Å². The van der Waals surface area contributed by atoms with E-state index in [1.54, 1.807) is 30.5 Å². The normalized spacial score (nSPS) is 12.5. The molecule has 3 aromatic rings. The van der Waals surface area contributed by atoms with Crippen molar-refractivity contribution < 1.29 is 13.9 Å². The number of ether oxygens (including phenoxy) is 1. The molecule has 0 unspecified atom stereocenters. The van der Waals surface area contributed by atoms with Crippen LogP contribution in [0.3, 0.4) is 0 Å². The van der Waals surface area contributed by atoms with E-state index in [9.17, 15) is 9.18 Å². The number of pyridine rings is 1. The Kier molecular flexibility index (Phi) is 4.83. The van der Waals surface area contributed by atoms with Crippen LogP contribution >= 0.6 is 0 Å². The van der Waals surface area contributed by atoms with Gasteiger partial charge in [-0.2, -0.15) is 0 Å². The largest absolute Gasteiger partial charge is 0.453 e. The minimum absolute atomic E-state index is 0.122. The number of carbonyl (C=O) groups is 1. The monoisotopic (exact) mass is 362 g/mol. The molecule has 1 aliphatic rings. The minimum Gasteiger partial charge on any atom is -0.453 e. The lowest BCUT2D eigenvalue weighted by Gasteiger charge is -2.10. The van der Waals surface area contributed by atoms with Crippen LogP contribution in [-0.2, 0) is 19.4 Å². The molecule has 136 valence electrons. The molecule has 0 bridgehead atoms. The first-order chi connectivity index (χ1) is 13.2. The van der Waals surface area contributed by atoms with Gasteiger partial charge in [0.25, 0.3) is 5.91 Å². The number of fused-ring (bicyclic) bond motifs is 1. The van der Waals surface area contributed by atoms with E-state index in [4.69, 9.17) is 4.74 Å². The second-order valence-corrected chi connectivity index (χ2v) is 6.58. The number of hydrogen-bond acceptors (Lipinski definition) is 3. The van der Waals surface area contributed by atoms with Crippen LogP contribution in [0.2, 0.25) is 0 Å². The number of nitrogens with one attached hydrogen (secondary N) is 1. The molecular formula is C22H19FN2O2. The highest BCUT2D eigenvalue weighted by Crippen LogP contribution is 2.25. The molecule has 0 spiro atoms. The summed E-state index contributed by atoms with van der Waals surface area (Å²) in [6.07, 6.45) is 6.40. The smallest absolute Gasteiger partial charge is 0.251 e. The SMILES string of the molecule is O=C(NCc1ccc(Oc2cccnc2)c(F)c1)c1ccc2c(c1)CCC2. The predicted molar refractivity (Wildman–Crippen MR) is 100 cm³/mol. The van der Waals surface area contributed by atoms with Crippen molar-refractivity contribution in [1.82, 2.24) is 10.3 Å². The first-order valence-electron chi connectivity index (χ1n) is 8.95. The van der Waals surface area contributed by atoms with Gasteiger partial charge in [-0.1, -0.05) is 12.1 Å². The van der Waals surface area contributed by atoms with Crippen molar-refractivity contribution in [3.63, 3.8) is 0 Å². The first kappa shape index (κ1) is 17.2. The fourth-order valence-electron chi connectivity index (χ4n) is 3.27. The number of carbonyl (C=O) groups excluding carboxylic acids is 1. The van der Waals surface area contributed by atoms with Crippen LogP contribution in [-0.4, -0.2) is 10.9 Å². The lowest BCUT2D eigenvalue weighted by molar-refractivity contribution is 0.0950. The van der Waals surface area contributed by atoms with E-state index in [-0.39, 0.29) is 18.2 Å². The van der Waals surface area contributed by atoms with Crippen LogP contribution in [0.1, 0.15) is 33.5 Å². The third kappa shape index (κ3) is 3.97. The maximum Gasteiger partial charge on any atom is 0.251 e. The standard InChI is InChI=1S/C22H19FN2O2/c23-20-11-15(6-9-21(20)27-19-5-2-10-24-14-19)13-25-22(26)18-8-7-16-3-1-4-17(16)12-18/h2,5-12,14H,1,3-4,13H2,(H,25,26). The van der Waals surface area contributed by atoms with Gasteiger partial charge in [-0.05, 0) is 72.4 Å². The Bertz CT molecular complexity index is 973. The number of benzene rings is 2. The summed E-state index contributed by atoms with van der Waals surface area (Å²) in [6.45, 7) is 0.250. The molecule has 0 fully saturated rings. The summed E-state index contributed by atoms with van der Waals surface area (Å²) in [4.78, 5) is 16.3. The van der Waals surface area contributed by atoms with Crippen molar-refractivity contribution in [2.45, 2.75) is 25.8 Å². The third-order valence-electron chi connectivity index (χ3n) is 4.67. The molecule has 0 atom stereocenters. The van der Waals surface area contributed by atoms with Crippen molar-refractivity contribution in [1.29, 1.82) is 0 Å². The third-order valence-corrected chi connectivity index (χ3v) is 4.67. The van der Waals surface area contributed by atoms with Crippen LogP contribution in [0.4, 0.5) is 4.39 Å². The Morgan fingerprint density at radius 1 is 1.11 bits per heavy atom. The number of rotatable bonds is 5. The predicted octanol–water partition coefficient (Wildman–Crippen LogP) is 4.43. The van der Waals surface area contributed by atoms with Gasteiger partial charge in [0, 0.05) is 18.3 Å². The fraction of sp³-hybridized carbons (Fsp3) is 0.182. The molecule has 1 amide bonds. The Hall–Kier alpha value is -3.21. The Labute approximate surface area is 157 Å². The maximum absolute atomic E-state index is 14.3. The van der Waals surface area contributed by atoms with E-state index in [0.717, 1.165) is 19.3 Å². The average molecular weight is 362 g/mol. The van der Waals surface area contributed by atoms with Crippen LogP contribution in [0.25, 0.3) is 0 Å². The van der Waals surface area contributed by atoms with Gasteiger partial charge >= 0.3 is 0 Å². The molecule has 1 N–H and O–H groups in total. The molecule has 5 heteroatoms. The van der Waals surface area contributed by atoms with Crippen LogP contribution in [0, 0.1) is 5.82 Å². The van der Waals surface area contributed by atoms with Crippen molar-refractivity contribution in [3.05, 3.63) is 89.0 Å². The zero-order valence-electron chi connectivity index (χ0n) is 14.7. The zero-order chi connectivity index (χ0) is 18.6. The molecule has 1 aliphatic carbocycles. The zero-order valence-corrected chi connectivity index (χ0v) is 14.7. The lowest BCUT2D eigenvalue weighted by atomic mass is 10.1. The van der Waals surface area contributed by atoms with Gasteiger partial charge in [-0.15, -0.1) is 0 Å². The van der Waals surface area contributed by atoms with Crippen molar-refractivity contribution in [2.75, 3.05) is 0 Å². The van der Waals surface area contributed by atoms with E-state index < -0.39 is 5.82 Å². The molecule has 4 rings (SSSR count). The molecular weight excluding hydrogens is 343 g/mol. The molecule has 27 heavy (non-hydrogen) atoms. The number of nitrogens with zero attached hydrogens (tertiary/aromatic N) is 1. The quantitative estimate of drug-likeness (QED) is 0.730. The van der Waals surface area contributed by atoms with Crippen LogP contribution in [0.5, 0.6) is 11.5 Å². The number of aromatic nitrogens is 1. The maximum atomic E-state index is 14.3. The van der Waals surface area contributed by atoms with Gasteiger partial charge < -0.3 is 10.1 Å². The Morgan fingerprint density at radius 3 is 2.81 bits per heavy atom. The number of amides is 1. The summed E-state index contributed by atoms with van der Waals surface area (Å²) >= 11 is 0. The second kappa shape index (κ2) is 7.58. The van der Waals surface area contributed by atoms with Gasteiger partial charge in [0.2, 0.25) is 0 Å². The summed E-state index contributed by atoms with van der Waals surface area (Å²) in [5.74, 6) is -0.0466. The second-order valence-electron chi connectivity index (χ2n) is 6.58. The highest BCUT2D eigenvalue weighted by Gasteiger charge is 2.14. The Morgan fingerprint density at radius 2 is 2.00 bits per heavy atom. The van der Waals surface area contributed by atoms with E-state index in [1.807, 2.05) is 18.2 Å². The molecule has 0 radical (unpaired) electrons. The van der Waals surface area contributed by atoms with Crippen molar-refractivity contribution >= 4 is 5.91 Å². The summed E-state index contributed by atoms with van der Waals surface area (Å²) in [5, 5.41) is 2.85. The van der Waals surface area contributed by atoms with Crippen molar-refractivity contribution in [3.8, 4) is 11.5 Å². The summed E-state index contributed by atoms with van der Waals surface area (Å²) in [7, 11) is 0. The number of halogens is 1. The van der Waals surface area contributed by atoms with Gasteiger partial charge in [0.15, 0.2) is 11.6 Å². The van der Waals surface area contributed by atoms with Gasteiger partial charge in [0.1, 0.15) is 5.75 Å². The van der Waals surface area contributed by atoms with E-state index >= 15 is 0 Å². The first-order valence-corrected chi connectivity index (χ1v) is 8.95. The molecule has 4 nitrogen and oxygen atoms in total. The van der Waals surface area contributed by atoms with Crippen LogP contribution in [0.15, 0.2) is 60.9 Å². The molecule has 0 aliphatic heterocycles. The van der Waals surface area contributed by atoms with Gasteiger partial charge in [-0.3, -0.25) is 9.78 Å². The highest BCUT2D eigenvalue weighted by molar-refractivity contribution is 5.94. The average Bonchev–Trinajstić information content (AvgIpc) is 3.16. The van der Waals surface area contributed by atoms with E-state index in [0.29, 0.717) is 16.9 Å². The van der Waals surface area contributed by atoms with Crippen molar-refractivity contribution in [2.24, 2.45) is 0 Å². The summed E-state index contributed by atoms with van der Waals surface area (Å²) in [5.41, 5.74) is 3.90. The number of hydrogen-bond donors (Lipinski definition) is 1. The summed E-state index contributed by atoms with van der Waals surface area (Å²) < 4.78 is 19.8. The molecule has 1 heterocycles. The Balaban J connectivity index is 1.39. The fourth-order valence-corrected chi connectivity index (χ4v) is 3.27. The molecule has 0 saturated carbocycles. The van der Waals surface area contributed by atoms with Gasteiger partial charge in [-0.25, -0.2) is 4.39 Å². The molecule has 1 aromatic heterocycles. The lowest BCUT2D eigenvalue weighted by Crippen LogP contribution is -2.23.